The van der Waals surface area contributed by atoms with E-state index in [-0.39, 0.29) is 0 Å². The number of likely N-dealkylation sites (tertiary alicyclic amines) is 1. The molecule has 4 N–H and O–H groups in total. The summed E-state index contributed by atoms with van der Waals surface area (Å²) < 4.78 is 2.11. The van der Waals surface area contributed by atoms with Gasteiger partial charge in [-0.05, 0) is 86.0 Å². The second kappa shape index (κ2) is 10.2. The zero-order valence-electron chi connectivity index (χ0n) is 22.7. The van der Waals surface area contributed by atoms with Crippen molar-refractivity contribution in [3.05, 3.63) is 90.6 Å². The average molecular weight is 530 g/mol. The van der Waals surface area contributed by atoms with Crippen molar-refractivity contribution in [2.24, 2.45) is 11.1 Å². The highest BCUT2D eigenvalue weighted by atomic mass is 15.2. The smallest absolute Gasteiger partial charge is 0.165 e. The maximum atomic E-state index is 6.33. The summed E-state index contributed by atoms with van der Waals surface area (Å²) in [5.41, 5.74) is 19.7. The van der Waals surface area contributed by atoms with Crippen LogP contribution in [0.4, 0.5) is 5.82 Å². The van der Waals surface area contributed by atoms with E-state index in [1.54, 1.807) is 6.20 Å². The van der Waals surface area contributed by atoms with Crippen LogP contribution in [-0.4, -0.2) is 43.6 Å². The Hall–Kier alpha value is -4.07. The van der Waals surface area contributed by atoms with Crippen LogP contribution in [0.5, 0.6) is 0 Å². The van der Waals surface area contributed by atoms with E-state index in [4.69, 9.17) is 21.4 Å². The van der Waals surface area contributed by atoms with Crippen molar-refractivity contribution < 1.29 is 0 Å². The molecular formula is C33H35N7. The molecule has 1 aliphatic heterocycles. The predicted octanol–water partition coefficient (Wildman–Crippen LogP) is 5.83. The van der Waals surface area contributed by atoms with Gasteiger partial charge in [-0.15, -0.1) is 0 Å². The molecule has 3 aromatic heterocycles. The quantitative estimate of drug-likeness (QED) is 0.297. The first-order chi connectivity index (χ1) is 19.6. The van der Waals surface area contributed by atoms with Gasteiger partial charge in [0.25, 0.3) is 0 Å². The van der Waals surface area contributed by atoms with Gasteiger partial charge < -0.3 is 11.5 Å². The van der Waals surface area contributed by atoms with Crippen LogP contribution >= 0.6 is 0 Å². The van der Waals surface area contributed by atoms with E-state index < -0.39 is 0 Å². The molecule has 40 heavy (non-hydrogen) atoms. The average Bonchev–Trinajstić information content (AvgIpc) is 3.57. The molecule has 202 valence electrons. The van der Waals surface area contributed by atoms with Gasteiger partial charge >= 0.3 is 0 Å². The number of imidazole rings is 1. The maximum absolute atomic E-state index is 6.33. The minimum atomic E-state index is 0.400. The Balaban J connectivity index is 1.23. The third kappa shape index (κ3) is 4.65. The summed E-state index contributed by atoms with van der Waals surface area (Å²) in [4.78, 5) is 17.0. The molecule has 2 fully saturated rings. The van der Waals surface area contributed by atoms with Crippen molar-refractivity contribution in [1.29, 1.82) is 0 Å². The summed E-state index contributed by atoms with van der Waals surface area (Å²) in [6.07, 6.45) is 7.89. The highest BCUT2D eigenvalue weighted by Gasteiger charge is 2.40. The Morgan fingerprint density at radius 1 is 0.850 bits per heavy atom. The van der Waals surface area contributed by atoms with Gasteiger partial charge in [0.05, 0.1) is 11.3 Å². The van der Waals surface area contributed by atoms with E-state index in [0.29, 0.717) is 17.3 Å². The molecule has 0 unspecified atom stereocenters. The molecule has 1 spiro atoms. The van der Waals surface area contributed by atoms with Gasteiger partial charge in [0.1, 0.15) is 11.3 Å². The fourth-order valence-electron chi connectivity index (χ4n) is 6.59. The summed E-state index contributed by atoms with van der Waals surface area (Å²) in [7, 11) is 0. The molecule has 0 amide bonds. The second-order valence-electron chi connectivity index (χ2n) is 11.6. The lowest BCUT2D eigenvalue weighted by Gasteiger charge is -2.36. The Bertz CT molecular complexity index is 1630. The first-order valence-corrected chi connectivity index (χ1v) is 14.3. The molecule has 2 aromatic carbocycles. The lowest BCUT2D eigenvalue weighted by molar-refractivity contribution is 0.172. The number of nitrogens with zero attached hydrogens (tertiary/aromatic N) is 5. The summed E-state index contributed by atoms with van der Waals surface area (Å²) in [5.74, 6) is 1.19. The zero-order chi connectivity index (χ0) is 27.1. The topological polar surface area (TPSA) is 98.9 Å². The van der Waals surface area contributed by atoms with E-state index in [9.17, 15) is 0 Å². The summed E-state index contributed by atoms with van der Waals surface area (Å²) in [6, 6.07) is 27.4. The van der Waals surface area contributed by atoms with Crippen LogP contribution in [0.1, 0.15) is 37.7 Å². The molecule has 5 aromatic rings. The van der Waals surface area contributed by atoms with Gasteiger partial charge in [0.2, 0.25) is 0 Å². The number of pyridine rings is 2. The van der Waals surface area contributed by atoms with Crippen LogP contribution in [0.25, 0.3) is 39.5 Å². The largest absolute Gasteiger partial charge is 0.383 e. The van der Waals surface area contributed by atoms with Gasteiger partial charge in [-0.3, -0.25) is 9.47 Å². The Morgan fingerprint density at radius 2 is 1.65 bits per heavy atom. The van der Waals surface area contributed by atoms with Crippen molar-refractivity contribution in [3.8, 4) is 28.3 Å². The van der Waals surface area contributed by atoms with E-state index >= 15 is 0 Å². The van der Waals surface area contributed by atoms with Crippen LogP contribution in [-0.2, 0) is 6.54 Å². The monoisotopic (exact) mass is 529 g/mol. The lowest BCUT2D eigenvalue weighted by atomic mass is 9.72. The van der Waals surface area contributed by atoms with Crippen molar-refractivity contribution in [3.63, 3.8) is 0 Å². The highest BCUT2D eigenvalue weighted by Crippen LogP contribution is 2.43. The standard InChI is InChI=1S/C33H35N7/c34-25-14-16-33(17-15-25)18-20-39(22-33)21-23-8-10-26(11-9-23)40-31(27-7-4-19-36-30(27)35)38-29-13-12-28(37-32(29)40)24-5-2-1-3-6-24/h1-13,19,25H,14-18,20-22,34H2,(H2,35,36). The molecule has 0 bridgehead atoms. The van der Waals surface area contributed by atoms with Crippen LogP contribution in [0.3, 0.4) is 0 Å². The third-order valence-electron chi connectivity index (χ3n) is 8.86. The molecule has 2 aliphatic rings. The SMILES string of the molecule is Nc1ncccc1-c1nc2ccc(-c3ccccc3)nc2n1-c1ccc(CN2CCC3(CCC(N)CC3)C2)cc1. The molecule has 0 radical (unpaired) electrons. The number of hydrogen-bond acceptors (Lipinski definition) is 6. The van der Waals surface area contributed by atoms with Crippen LogP contribution in [0.15, 0.2) is 85.1 Å². The number of anilines is 1. The fraction of sp³-hybridized carbons (Fsp3) is 0.303. The minimum Gasteiger partial charge on any atom is -0.383 e. The number of nitrogen functional groups attached to an aromatic ring is 1. The van der Waals surface area contributed by atoms with E-state index in [0.717, 1.165) is 46.0 Å². The Kier molecular flexibility index (Phi) is 6.33. The number of aromatic nitrogens is 4. The normalized spacial score (nSPS) is 21.4. The third-order valence-corrected chi connectivity index (χ3v) is 8.86. The van der Waals surface area contributed by atoms with Crippen molar-refractivity contribution in [1.82, 2.24) is 24.4 Å². The molecule has 7 heteroatoms. The number of fused-ring (bicyclic) bond motifs is 1. The Morgan fingerprint density at radius 3 is 2.42 bits per heavy atom. The summed E-state index contributed by atoms with van der Waals surface area (Å²) in [5, 5.41) is 0. The molecule has 4 heterocycles. The van der Waals surface area contributed by atoms with Crippen molar-refractivity contribution in [2.75, 3.05) is 18.8 Å². The van der Waals surface area contributed by atoms with Crippen molar-refractivity contribution in [2.45, 2.75) is 44.7 Å². The highest BCUT2D eigenvalue weighted by molar-refractivity contribution is 5.84. The molecule has 1 saturated heterocycles. The van der Waals surface area contributed by atoms with Gasteiger partial charge in [0, 0.05) is 36.6 Å². The molecule has 7 nitrogen and oxygen atoms in total. The van der Waals surface area contributed by atoms with Gasteiger partial charge in [-0.25, -0.2) is 15.0 Å². The number of nitrogens with two attached hydrogens (primary N) is 2. The lowest BCUT2D eigenvalue weighted by Crippen LogP contribution is -2.36. The van der Waals surface area contributed by atoms with Crippen LogP contribution < -0.4 is 11.5 Å². The number of rotatable bonds is 5. The molecular weight excluding hydrogens is 494 g/mol. The summed E-state index contributed by atoms with van der Waals surface area (Å²) >= 11 is 0. The van der Waals surface area contributed by atoms with E-state index in [1.165, 1.54) is 50.8 Å². The van der Waals surface area contributed by atoms with Gasteiger partial charge in [-0.2, -0.15) is 0 Å². The van der Waals surface area contributed by atoms with Crippen LogP contribution in [0.2, 0.25) is 0 Å². The number of hydrogen-bond donors (Lipinski definition) is 2. The Labute approximate surface area is 234 Å². The molecule has 7 rings (SSSR count). The summed E-state index contributed by atoms with van der Waals surface area (Å²) in [6.45, 7) is 3.32. The maximum Gasteiger partial charge on any atom is 0.165 e. The van der Waals surface area contributed by atoms with Crippen LogP contribution in [0, 0.1) is 5.41 Å². The van der Waals surface area contributed by atoms with Crippen molar-refractivity contribution >= 4 is 17.0 Å². The van der Waals surface area contributed by atoms with E-state index in [2.05, 4.69) is 50.8 Å². The number of benzene rings is 2. The fourth-order valence-corrected chi connectivity index (χ4v) is 6.59. The molecule has 0 atom stereocenters. The van der Waals surface area contributed by atoms with Gasteiger partial charge in [0.15, 0.2) is 11.5 Å². The first-order valence-electron chi connectivity index (χ1n) is 14.3. The molecule has 1 saturated carbocycles. The van der Waals surface area contributed by atoms with Gasteiger partial charge in [-0.1, -0.05) is 42.5 Å². The zero-order valence-corrected chi connectivity index (χ0v) is 22.7. The second-order valence-corrected chi connectivity index (χ2v) is 11.6. The molecule has 1 aliphatic carbocycles. The minimum absolute atomic E-state index is 0.400. The predicted molar refractivity (Wildman–Crippen MR) is 161 cm³/mol. The first kappa shape index (κ1) is 24.9. The van der Waals surface area contributed by atoms with E-state index in [1.807, 2.05) is 42.5 Å².